The Morgan fingerprint density at radius 3 is 2.62 bits per heavy atom. The topological polar surface area (TPSA) is 57.0 Å². The van der Waals surface area contributed by atoms with E-state index in [9.17, 15) is 4.79 Å². The van der Waals surface area contributed by atoms with Crippen LogP contribution < -0.4 is 0 Å². The third-order valence-corrected chi connectivity index (χ3v) is 3.29. The van der Waals surface area contributed by atoms with Crippen LogP contribution in [0.2, 0.25) is 0 Å². The van der Waals surface area contributed by atoms with E-state index in [2.05, 4.69) is 10.1 Å². The number of hydrogen-bond acceptors (Lipinski definition) is 4. The first kappa shape index (κ1) is 15.2. The lowest BCUT2D eigenvalue weighted by atomic mass is 10.0. The van der Waals surface area contributed by atoms with Gasteiger partial charge in [0.05, 0.1) is 6.61 Å². The SMILES string of the molecule is CCCC(C(=O)OCC)c1nc(-c2ccccc2)nn1C. The molecule has 5 heteroatoms. The Hall–Kier alpha value is -2.17. The summed E-state index contributed by atoms with van der Waals surface area (Å²) in [6, 6.07) is 9.75. The summed E-state index contributed by atoms with van der Waals surface area (Å²) in [5.74, 6) is 0.715. The van der Waals surface area contributed by atoms with Crippen molar-refractivity contribution in [3.8, 4) is 11.4 Å². The number of aryl methyl sites for hydroxylation is 1. The molecule has 0 amide bonds. The summed E-state index contributed by atoms with van der Waals surface area (Å²) in [5, 5.41) is 4.42. The van der Waals surface area contributed by atoms with E-state index in [1.54, 1.807) is 4.68 Å². The van der Waals surface area contributed by atoms with Crippen LogP contribution in [0, 0.1) is 0 Å². The van der Waals surface area contributed by atoms with Gasteiger partial charge in [0.15, 0.2) is 5.82 Å². The molecule has 112 valence electrons. The van der Waals surface area contributed by atoms with Crippen LogP contribution in [-0.2, 0) is 16.6 Å². The van der Waals surface area contributed by atoms with Crippen LogP contribution in [0.25, 0.3) is 11.4 Å². The molecule has 1 heterocycles. The van der Waals surface area contributed by atoms with Gasteiger partial charge in [-0.15, -0.1) is 0 Å². The zero-order valence-electron chi connectivity index (χ0n) is 12.7. The number of carbonyl (C=O) groups excluding carboxylic acids is 1. The van der Waals surface area contributed by atoms with Crippen molar-refractivity contribution in [1.82, 2.24) is 14.8 Å². The van der Waals surface area contributed by atoms with Crippen LogP contribution in [0.4, 0.5) is 0 Å². The summed E-state index contributed by atoms with van der Waals surface area (Å²) < 4.78 is 6.84. The monoisotopic (exact) mass is 287 g/mol. The normalized spacial score (nSPS) is 12.1. The molecule has 0 saturated heterocycles. The number of nitrogens with zero attached hydrogens (tertiary/aromatic N) is 3. The Bertz CT molecular complexity index is 593. The molecule has 0 aliphatic rings. The number of benzene rings is 1. The second-order valence-corrected chi connectivity index (χ2v) is 4.88. The van der Waals surface area contributed by atoms with Crippen molar-refractivity contribution in [1.29, 1.82) is 0 Å². The average Bonchev–Trinajstić information content (AvgIpc) is 2.87. The maximum atomic E-state index is 12.1. The van der Waals surface area contributed by atoms with E-state index in [0.29, 0.717) is 24.7 Å². The van der Waals surface area contributed by atoms with Crippen LogP contribution in [0.1, 0.15) is 38.4 Å². The van der Waals surface area contributed by atoms with Crippen molar-refractivity contribution in [3.63, 3.8) is 0 Å². The molecule has 21 heavy (non-hydrogen) atoms. The van der Waals surface area contributed by atoms with Crippen molar-refractivity contribution in [2.45, 2.75) is 32.6 Å². The molecule has 0 saturated carbocycles. The summed E-state index contributed by atoms with van der Waals surface area (Å²) in [7, 11) is 1.82. The summed E-state index contributed by atoms with van der Waals surface area (Å²) in [6.45, 7) is 4.23. The molecule has 0 fully saturated rings. The number of rotatable bonds is 6. The number of aromatic nitrogens is 3. The zero-order chi connectivity index (χ0) is 15.2. The highest BCUT2D eigenvalue weighted by atomic mass is 16.5. The third kappa shape index (κ3) is 3.48. The van der Waals surface area contributed by atoms with E-state index < -0.39 is 0 Å². The minimum absolute atomic E-state index is 0.227. The molecule has 5 nitrogen and oxygen atoms in total. The van der Waals surface area contributed by atoms with E-state index in [1.807, 2.05) is 51.2 Å². The van der Waals surface area contributed by atoms with Crippen LogP contribution in [0.3, 0.4) is 0 Å². The lowest BCUT2D eigenvalue weighted by molar-refractivity contribution is -0.145. The van der Waals surface area contributed by atoms with Gasteiger partial charge in [0, 0.05) is 12.6 Å². The fourth-order valence-electron chi connectivity index (χ4n) is 2.29. The quantitative estimate of drug-likeness (QED) is 0.766. The summed E-state index contributed by atoms with van der Waals surface area (Å²) >= 11 is 0. The second kappa shape index (κ2) is 7.02. The maximum Gasteiger partial charge on any atom is 0.316 e. The molecule has 0 aliphatic carbocycles. The van der Waals surface area contributed by atoms with Gasteiger partial charge in [-0.25, -0.2) is 4.98 Å². The number of hydrogen-bond donors (Lipinski definition) is 0. The molecule has 0 spiro atoms. The molecule has 1 aromatic carbocycles. The zero-order valence-corrected chi connectivity index (χ0v) is 12.7. The van der Waals surface area contributed by atoms with E-state index in [0.717, 1.165) is 12.0 Å². The second-order valence-electron chi connectivity index (χ2n) is 4.88. The van der Waals surface area contributed by atoms with Crippen molar-refractivity contribution in [2.24, 2.45) is 7.05 Å². The number of esters is 1. The molecule has 2 rings (SSSR count). The van der Waals surface area contributed by atoms with Crippen LogP contribution >= 0.6 is 0 Å². The van der Waals surface area contributed by atoms with E-state index >= 15 is 0 Å². The fraction of sp³-hybridized carbons (Fsp3) is 0.438. The Kier molecular flexibility index (Phi) is 5.09. The third-order valence-electron chi connectivity index (χ3n) is 3.29. The Labute approximate surface area is 125 Å². The van der Waals surface area contributed by atoms with Crippen molar-refractivity contribution >= 4 is 5.97 Å². The Balaban J connectivity index is 2.33. The highest BCUT2D eigenvalue weighted by Crippen LogP contribution is 2.24. The van der Waals surface area contributed by atoms with Crippen LogP contribution in [-0.4, -0.2) is 27.3 Å². The Morgan fingerprint density at radius 2 is 2.00 bits per heavy atom. The lowest BCUT2D eigenvalue weighted by Gasteiger charge is -2.13. The molecule has 0 aliphatic heterocycles. The molecule has 0 radical (unpaired) electrons. The molecule has 0 bridgehead atoms. The highest BCUT2D eigenvalue weighted by molar-refractivity contribution is 5.77. The standard InChI is InChI=1S/C16H21N3O2/c1-4-9-13(16(20)21-5-2)15-17-14(18-19(15)3)12-10-7-6-8-11-12/h6-8,10-11,13H,4-5,9H2,1-3H3. The van der Waals surface area contributed by atoms with E-state index in [-0.39, 0.29) is 11.9 Å². The minimum Gasteiger partial charge on any atom is -0.465 e. The smallest absolute Gasteiger partial charge is 0.316 e. The van der Waals surface area contributed by atoms with Gasteiger partial charge in [-0.1, -0.05) is 43.7 Å². The van der Waals surface area contributed by atoms with Gasteiger partial charge in [0.2, 0.25) is 0 Å². The van der Waals surface area contributed by atoms with Crippen molar-refractivity contribution in [3.05, 3.63) is 36.2 Å². The fourth-order valence-corrected chi connectivity index (χ4v) is 2.29. The molecular weight excluding hydrogens is 266 g/mol. The summed E-state index contributed by atoms with van der Waals surface area (Å²) in [6.07, 6.45) is 1.59. The first-order valence-electron chi connectivity index (χ1n) is 7.30. The van der Waals surface area contributed by atoms with Gasteiger partial charge in [-0.3, -0.25) is 9.48 Å². The predicted octanol–water partition coefficient (Wildman–Crippen LogP) is 2.93. The molecule has 1 atom stereocenters. The summed E-state index contributed by atoms with van der Waals surface area (Å²) in [5.41, 5.74) is 0.943. The molecule has 1 aromatic heterocycles. The largest absolute Gasteiger partial charge is 0.465 e. The lowest BCUT2D eigenvalue weighted by Crippen LogP contribution is -2.19. The van der Waals surface area contributed by atoms with Gasteiger partial charge >= 0.3 is 5.97 Å². The van der Waals surface area contributed by atoms with Gasteiger partial charge in [0.1, 0.15) is 11.7 Å². The number of carbonyl (C=O) groups is 1. The molecule has 0 N–H and O–H groups in total. The maximum absolute atomic E-state index is 12.1. The minimum atomic E-state index is -0.357. The molecular formula is C16H21N3O2. The predicted molar refractivity (Wildman–Crippen MR) is 80.7 cm³/mol. The highest BCUT2D eigenvalue weighted by Gasteiger charge is 2.26. The first-order chi connectivity index (χ1) is 10.2. The van der Waals surface area contributed by atoms with E-state index in [1.165, 1.54) is 0 Å². The van der Waals surface area contributed by atoms with Crippen LogP contribution in [0.5, 0.6) is 0 Å². The number of ether oxygens (including phenoxy) is 1. The van der Waals surface area contributed by atoms with E-state index in [4.69, 9.17) is 4.74 Å². The van der Waals surface area contributed by atoms with Crippen LogP contribution in [0.15, 0.2) is 30.3 Å². The van der Waals surface area contributed by atoms with Gasteiger partial charge in [0.25, 0.3) is 0 Å². The van der Waals surface area contributed by atoms with Gasteiger partial charge < -0.3 is 4.74 Å². The molecule has 1 unspecified atom stereocenters. The van der Waals surface area contributed by atoms with Crippen molar-refractivity contribution < 1.29 is 9.53 Å². The molecule has 2 aromatic rings. The average molecular weight is 287 g/mol. The first-order valence-corrected chi connectivity index (χ1v) is 7.30. The van der Waals surface area contributed by atoms with Gasteiger partial charge in [-0.05, 0) is 13.3 Å². The summed E-state index contributed by atoms with van der Waals surface area (Å²) in [4.78, 5) is 16.7. The Morgan fingerprint density at radius 1 is 1.29 bits per heavy atom. The van der Waals surface area contributed by atoms with Crippen molar-refractivity contribution in [2.75, 3.05) is 6.61 Å². The van der Waals surface area contributed by atoms with Gasteiger partial charge in [-0.2, -0.15) is 5.10 Å².